The summed E-state index contributed by atoms with van der Waals surface area (Å²) in [6.45, 7) is 6.26. The first-order valence-electron chi connectivity index (χ1n) is 12.4. The van der Waals surface area contributed by atoms with E-state index in [0.29, 0.717) is 6.42 Å². The number of carbonyl (C=O) groups excluding carboxylic acids is 1. The molecule has 4 rings (SSSR count). The zero-order chi connectivity index (χ0) is 23.2. The molecule has 1 aromatic carbocycles. The van der Waals surface area contributed by atoms with Gasteiger partial charge in [0.05, 0.1) is 5.56 Å². The maximum absolute atomic E-state index is 13.8. The molecule has 0 atom stereocenters. The predicted octanol–water partition coefficient (Wildman–Crippen LogP) is 4.98. The Morgan fingerprint density at radius 3 is 2.58 bits per heavy atom. The van der Waals surface area contributed by atoms with Gasteiger partial charge in [0.25, 0.3) is 0 Å². The topological polar surface area (TPSA) is 49.3 Å². The lowest BCUT2D eigenvalue weighted by atomic mass is 9.91. The molecule has 0 bridgehead atoms. The van der Waals surface area contributed by atoms with Crippen LogP contribution in [0.25, 0.3) is 0 Å². The fourth-order valence-electron chi connectivity index (χ4n) is 4.73. The van der Waals surface area contributed by atoms with Crippen LogP contribution in [-0.2, 0) is 12.8 Å². The molecule has 1 aromatic heterocycles. The van der Waals surface area contributed by atoms with Crippen LogP contribution in [0.5, 0.6) is 0 Å². The van der Waals surface area contributed by atoms with Crippen LogP contribution < -0.4 is 4.90 Å². The number of unbranched alkanes of at least 4 members (excludes halogenated alkanes) is 1. The largest absolute Gasteiger partial charge is 0.338 e. The van der Waals surface area contributed by atoms with Gasteiger partial charge in [-0.25, -0.2) is 18.7 Å². The SMILES string of the molecule is CCCc1nc(N2CCN(C3CCC3)CC2)ncc1CCCCC(=O)c1cc(F)ccc1F. The number of halogens is 2. The van der Waals surface area contributed by atoms with Crippen LogP contribution in [0, 0.1) is 11.6 Å². The lowest BCUT2D eigenvalue weighted by Crippen LogP contribution is -2.52. The van der Waals surface area contributed by atoms with E-state index in [2.05, 4.69) is 21.7 Å². The molecule has 2 aromatic rings. The second-order valence-corrected chi connectivity index (χ2v) is 9.25. The number of benzene rings is 1. The van der Waals surface area contributed by atoms with Gasteiger partial charge in [0, 0.05) is 50.5 Å². The smallest absolute Gasteiger partial charge is 0.225 e. The Kier molecular flexibility index (Phi) is 8.02. The van der Waals surface area contributed by atoms with Crippen molar-refractivity contribution in [1.29, 1.82) is 0 Å². The fraction of sp³-hybridized carbons (Fsp3) is 0.577. The van der Waals surface area contributed by atoms with E-state index in [1.54, 1.807) is 0 Å². The number of anilines is 1. The molecule has 0 amide bonds. The van der Waals surface area contributed by atoms with Crippen molar-refractivity contribution in [2.45, 2.75) is 70.8 Å². The minimum absolute atomic E-state index is 0.160. The zero-order valence-corrected chi connectivity index (χ0v) is 19.5. The standard InChI is InChI=1S/C26H34F2N4O/c1-2-6-24-19(7-3-4-10-25(33)22-17-20(27)11-12-23(22)28)18-29-26(30-24)32-15-13-31(14-16-32)21-8-5-9-21/h11-12,17-18,21H,2-10,13-16H2,1H3. The molecule has 2 heterocycles. The summed E-state index contributed by atoms with van der Waals surface area (Å²) in [6.07, 6.45) is 10.3. The van der Waals surface area contributed by atoms with Crippen LogP contribution in [0.2, 0.25) is 0 Å². The first-order valence-corrected chi connectivity index (χ1v) is 12.4. The number of hydrogen-bond donors (Lipinski definition) is 0. The predicted molar refractivity (Wildman–Crippen MR) is 126 cm³/mol. The van der Waals surface area contributed by atoms with Crippen LogP contribution in [0.15, 0.2) is 24.4 Å². The van der Waals surface area contributed by atoms with Gasteiger partial charge >= 0.3 is 0 Å². The second-order valence-electron chi connectivity index (χ2n) is 9.25. The van der Waals surface area contributed by atoms with Crippen molar-refractivity contribution in [3.63, 3.8) is 0 Å². The molecule has 0 spiro atoms. The van der Waals surface area contributed by atoms with E-state index < -0.39 is 11.6 Å². The third-order valence-electron chi connectivity index (χ3n) is 6.95. The number of nitrogens with zero attached hydrogens (tertiary/aromatic N) is 4. The monoisotopic (exact) mass is 456 g/mol. The summed E-state index contributed by atoms with van der Waals surface area (Å²) >= 11 is 0. The molecule has 5 nitrogen and oxygen atoms in total. The molecule has 0 unspecified atom stereocenters. The summed E-state index contributed by atoms with van der Waals surface area (Å²) in [4.78, 5) is 26.8. The van der Waals surface area contributed by atoms with Gasteiger partial charge in [-0.2, -0.15) is 0 Å². The Hall–Kier alpha value is -2.41. The Morgan fingerprint density at radius 1 is 1.09 bits per heavy atom. The van der Waals surface area contributed by atoms with Crippen LogP contribution in [0.1, 0.15) is 73.5 Å². The molecule has 2 aliphatic rings. The average molecular weight is 457 g/mol. The third kappa shape index (κ3) is 5.94. The molecule has 1 saturated carbocycles. The molecule has 33 heavy (non-hydrogen) atoms. The van der Waals surface area contributed by atoms with Crippen LogP contribution in [-0.4, -0.2) is 52.9 Å². The third-order valence-corrected chi connectivity index (χ3v) is 6.95. The molecular weight excluding hydrogens is 422 g/mol. The second kappa shape index (κ2) is 11.1. The summed E-state index contributed by atoms with van der Waals surface area (Å²) in [5.41, 5.74) is 2.05. The van der Waals surface area contributed by atoms with E-state index in [-0.39, 0.29) is 17.8 Å². The van der Waals surface area contributed by atoms with E-state index in [4.69, 9.17) is 4.98 Å². The van der Waals surface area contributed by atoms with Gasteiger partial charge in [-0.05, 0) is 62.3 Å². The van der Waals surface area contributed by atoms with Crippen molar-refractivity contribution in [2.75, 3.05) is 31.1 Å². The molecule has 7 heteroatoms. The van der Waals surface area contributed by atoms with Gasteiger partial charge < -0.3 is 4.90 Å². The lowest BCUT2D eigenvalue weighted by Gasteiger charge is -2.43. The molecule has 1 saturated heterocycles. The van der Waals surface area contributed by atoms with E-state index in [1.165, 1.54) is 19.3 Å². The average Bonchev–Trinajstić information content (AvgIpc) is 2.78. The van der Waals surface area contributed by atoms with Gasteiger partial charge in [0.2, 0.25) is 5.95 Å². The number of aromatic nitrogens is 2. The molecular formula is C26H34F2N4O. The van der Waals surface area contributed by atoms with Gasteiger partial charge in [0.15, 0.2) is 5.78 Å². The normalized spacial score (nSPS) is 17.2. The minimum atomic E-state index is -0.663. The number of piperazine rings is 1. The Bertz CT molecular complexity index is 955. The molecule has 1 aliphatic carbocycles. The maximum atomic E-state index is 13.8. The van der Waals surface area contributed by atoms with Crippen LogP contribution >= 0.6 is 0 Å². The molecule has 1 aliphatic heterocycles. The molecule has 2 fully saturated rings. The Morgan fingerprint density at radius 2 is 1.88 bits per heavy atom. The highest BCUT2D eigenvalue weighted by Gasteiger charge is 2.28. The van der Waals surface area contributed by atoms with Gasteiger partial charge in [-0.15, -0.1) is 0 Å². The molecule has 0 N–H and O–H groups in total. The number of rotatable bonds is 10. The highest BCUT2D eigenvalue weighted by Crippen LogP contribution is 2.26. The quantitative estimate of drug-likeness (QED) is 0.373. The van der Waals surface area contributed by atoms with E-state index in [1.807, 2.05) is 6.20 Å². The van der Waals surface area contributed by atoms with E-state index >= 15 is 0 Å². The Labute approximate surface area is 195 Å². The van der Waals surface area contributed by atoms with Crippen molar-refractivity contribution in [3.8, 4) is 0 Å². The summed E-state index contributed by atoms with van der Waals surface area (Å²) < 4.78 is 27.1. The highest BCUT2D eigenvalue weighted by molar-refractivity contribution is 5.96. The van der Waals surface area contributed by atoms with Crippen LogP contribution in [0.4, 0.5) is 14.7 Å². The fourth-order valence-corrected chi connectivity index (χ4v) is 4.73. The number of carbonyl (C=O) groups is 1. The van der Waals surface area contributed by atoms with Gasteiger partial charge in [-0.3, -0.25) is 9.69 Å². The molecule has 178 valence electrons. The first kappa shape index (κ1) is 23.7. The number of hydrogen-bond acceptors (Lipinski definition) is 5. The van der Waals surface area contributed by atoms with Crippen molar-refractivity contribution in [1.82, 2.24) is 14.9 Å². The molecule has 0 radical (unpaired) electrons. The summed E-state index contributed by atoms with van der Waals surface area (Å²) in [5.74, 6) is -0.782. The number of Topliss-reactive ketones (excluding diaryl/α,β-unsaturated/α-hetero) is 1. The van der Waals surface area contributed by atoms with E-state index in [9.17, 15) is 13.6 Å². The number of ketones is 1. The van der Waals surface area contributed by atoms with E-state index in [0.717, 1.165) is 93.3 Å². The lowest BCUT2D eigenvalue weighted by molar-refractivity contribution is 0.0975. The first-order chi connectivity index (χ1) is 16.0. The number of aryl methyl sites for hydroxylation is 2. The zero-order valence-electron chi connectivity index (χ0n) is 19.5. The minimum Gasteiger partial charge on any atom is -0.338 e. The summed E-state index contributed by atoms with van der Waals surface area (Å²) in [7, 11) is 0. The maximum Gasteiger partial charge on any atom is 0.225 e. The van der Waals surface area contributed by atoms with Crippen molar-refractivity contribution < 1.29 is 13.6 Å². The highest BCUT2D eigenvalue weighted by atomic mass is 19.1. The van der Waals surface area contributed by atoms with Crippen LogP contribution in [0.3, 0.4) is 0 Å². The van der Waals surface area contributed by atoms with Crippen molar-refractivity contribution in [2.24, 2.45) is 0 Å². The summed E-state index contributed by atoms with van der Waals surface area (Å²) in [5, 5.41) is 0. The summed E-state index contributed by atoms with van der Waals surface area (Å²) in [6, 6.07) is 3.80. The van der Waals surface area contributed by atoms with Crippen molar-refractivity contribution in [3.05, 3.63) is 52.9 Å². The Balaban J connectivity index is 1.30. The van der Waals surface area contributed by atoms with Gasteiger partial charge in [-0.1, -0.05) is 19.8 Å². The van der Waals surface area contributed by atoms with Gasteiger partial charge in [0.1, 0.15) is 11.6 Å². The van der Waals surface area contributed by atoms with Crippen molar-refractivity contribution >= 4 is 11.7 Å².